The normalized spacial score (nSPS) is 19.1. The number of carbonyl (C=O) groups is 2. The Balaban J connectivity index is 2.53. The summed E-state index contributed by atoms with van der Waals surface area (Å²) in [5.74, 6) is -1.20. The number of carbonyl (C=O) groups excluding carboxylic acids is 2. The molecule has 81 heavy (non-hydrogen) atoms. The minimum Gasteiger partial charge on any atom is -0.454 e. The fourth-order valence-electron chi connectivity index (χ4n) is 10.3. The Morgan fingerprint density at radius 2 is 0.938 bits per heavy atom. The maximum atomic E-state index is 13.4. The zero-order valence-electron chi connectivity index (χ0n) is 52.1. The zero-order chi connectivity index (χ0) is 58.9. The predicted molar refractivity (Wildman–Crippen MR) is 338 cm³/mol. The number of amides is 1. The van der Waals surface area contributed by atoms with Crippen LogP contribution in [-0.2, 0) is 23.8 Å². The molecular formula is C70H125NO10. The fraction of sp³-hybridized carbons (Fsp3) is 0.800. The molecule has 1 aliphatic heterocycles. The summed E-state index contributed by atoms with van der Waals surface area (Å²) >= 11 is 0. The second-order valence-electron chi connectivity index (χ2n) is 23.2. The van der Waals surface area contributed by atoms with Gasteiger partial charge in [-0.2, -0.15) is 0 Å². The molecule has 8 unspecified atom stereocenters. The van der Waals surface area contributed by atoms with E-state index in [9.17, 15) is 35.1 Å². The van der Waals surface area contributed by atoms with Gasteiger partial charge < -0.3 is 45.1 Å². The van der Waals surface area contributed by atoms with Crippen LogP contribution in [0.15, 0.2) is 72.9 Å². The lowest BCUT2D eigenvalue weighted by atomic mass is 9.99. The van der Waals surface area contributed by atoms with Gasteiger partial charge in [0.1, 0.15) is 24.4 Å². The molecule has 0 spiro atoms. The number of hydrogen-bond acceptors (Lipinski definition) is 10. The number of ether oxygens (including phenoxy) is 3. The Kier molecular flexibility index (Phi) is 54.1. The van der Waals surface area contributed by atoms with Crippen molar-refractivity contribution >= 4 is 11.9 Å². The number of esters is 1. The Hall–Kier alpha value is -2.90. The van der Waals surface area contributed by atoms with Crippen LogP contribution in [0.1, 0.15) is 297 Å². The molecule has 0 bridgehead atoms. The molecule has 1 fully saturated rings. The van der Waals surface area contributed by atoms with E-state index >= 15 is 0 Å². The molecule has 0 saturated carbocycles. The topological polar surface area (TPSA) is 175 Å². The highest BCUT2D eigenvalue weighted by Crippen LogP contribution is 2.26. The standard InChI is InChI=1S/C70H125NO10/c1-4-7-10-13-16-19-22-24-26-27-28-29-30-31-32-33-34-35-36-37-38-40-43-46-49-52-55-58-65(75)81-68-67(77)66(76)64(59-72)80-70(68)79-60-61(62(73)56-53-50-47-44-41-21-18-15-12-9-6-3)71-69(78)63(74)57-54-51-48-45-42-39-25-23-20-17-14-11-8-5-2/h8,11,14,16-17,19-20,23-24,26,53,56,61-64,66-68,70,72-74,76-77H,4-7,9-10,12-13,15,18,21-22,25,27-52,54-55,57-60H2,1-3H3,(H,71,78)/b11-8+,17-14+,19-16-,23-20+,26-24-,56-53+. The van der Waals surface area contributed by atoms with Gasteiger partial charge in [0, 0.05) is 6.42 Å². The van der Waals surface area contributed by atoms with Crippen LogP contribution in [0.3, 0.4) is 0 Å². The maximum Gasteiger partial charge on any atom is 0.306 e. The molecule has 6 N–H and O–H groups in total. The van der Waals surface area contributed by atoms with Gasteiger partial charge in [-0.3, -0.25) is 9.59 Å². The van der Waals surface area contributed by atoms with E-state index in [4.69, 9.17) is 14.2 Å². The first-order chi connectivity index (χ1) is 39.7. The Labute approximate surface area is 496 Å². The van der Waals surface area contributed by atoms with E-state index in [-0.39, 0.29) is 19.4 Å². The monoisotopic (exact) mass is 1140 g/mol. The largest absolute Gasteiger partial charge is 0.454 e. The van der Waals surface area contributed by atoms with Crippen molar-refractivity contribution in [3.63, 3.8) is 0 Å². The highest BCUT2D eigenvalue weighted by atomic mass is 16.7. The minimum absolute atomic E-state index is 0.122. The number of allylic oxidation sites excluding steroid dienone is 11. The zero-order valence-corrected chi connectivity index (χ0v) is 52.1. The lowest BCUT2D eigenvalue weighted by Crippen LogP contribution is -2.61. The first-order valence-corrected chi connectivity index (χ1v) is 33.7. The smallest absolute Gasteiger partial charge is 0.306 e. The number of aliphatic hydroxyl groups is 5. The molecule has 470 valence electrons. The Morgan fingerprint density at radius 1 is 0.506 bits per heavy atom. The van der Waals surface area contributed by atoms with E-state index in [1.165, 1.54) is 161 Å². The van der Waals surface area contributed by atoms with Crippen molar-refractivity contribution in [2.24, 2.45) is 0 Å². The van der Waals surface area contributed by atoms with E-state index in [0.717, 1.165) is 89.9 Å². The predicted octanol–water partition coefficient (Wildman–Crippen LogP) is 16.7. The van der Waals surface area contributed by atoms with Gasteiger partial charge in [-0.05, 0) is 77.0 Å². The van der Waals surface area contributed by atoms with Crippen LogP contribution in [0.25, 0.3) is 0 Å². The van der Waals surface area contributed by atoms with Crippen LogP contribution in [0.5, 0.6) is 0 Å². The van der Waals surface area contributed by atoms with E-state index in [1.807, 2.05) is 12.2 Å². The second-order valence-corrected chi connectivity index (χ2v) is 23.2. The number of rotatable bonds is 57. The average molecular weight is 1140 g/mol. The van der Waals surface area contributed by atoms with Crippen LogP contribution in [0.2, 0.25) is 0 Å². The van der Waals surface area contributed by atoms with Crippen molar-refractivity contribution in [2.45, 2.75) is 346 Å². The van der Waals surface area contributed by atoms with E-state index in [2.05, 4.69) is 80.8 Å². The molecule has 11 heteroatoms. The highest BCUT2D eigenvalue weighted by Gasteiger charge is 2.47. The molecule has 0 aliphatic carbocycles. The summed E-state index contributed by atoms with van der Waals surface area (Å²) in [7, 11) is 0. The van der Waals surface area contributed by atoms with Gasteiger partial charge in [-0.25, -0.2) is 0 Å². The molecule has 1 amide bonds. The van der Waals surface area contributed by atoms with Crippen LogP contribution >= 0.6 is 0 Å². The van der Waals surface area contributed by atoms with Gasteiger partial charge in [-0.15, -0.1) is 0 Å². The number of unbranched alkanes of at least 4 members (excludes halogenated alkanes) is 35. The third-order valence-corrected chi connectivity index (χ3v) is 15.7. The Morgan fingerprint density at radius 3 is 1.44 bits per heavy atom. The Bertz CT molecular complexity index is 1590. The molecule has 1 aliphatic rings. The van der Waals surface area contributed by atoms with Gasteiger partial charge in [0.15, 0.2) is 12.4 Å². The molecule has 1 heterocycles. The van der Waals surface area contributed by atoms with Crippen LogP contribution in [0, 0.1) is 0 Å². The molecule has 0 aromatic rings. The van der Waals surface area contributed by atoms with Gasteiger partial charge in [-0.1, -0.05) is 286 Å². The van der Waals surface area contributed by atoms with Crippen molar-refractivity contribution in [2.75, 3.05) is 13.2 Å². The highest BCUT2D eigenvalue weighted by molar-refractivity contribution is 5.80. The van der Waals surface area contributed by atoms with E-state index in [0.29, 0.717) is 12.8 Å². The lowest BCUT2D eigenvalue weighted by Gasteiger charge is -2.41. The van der Waals surface area contributed by atoms with Gasteiger partial charge in [0.05, 0.1) is 25.4 Å². The quantitative estimate of drug-likeness (QED) is 0.0149. The molecule has 0 aromatic carbocycles. The summed E-state index contributed by atoms with van der Waals surface area (Å²) < 4.78 is 17.6. The fourth-order valence-corrected chi connectivity index (χ4v) is 10.3. The van der Waals surface area contributed by atoms with Crippen LogP contribution < -0.4 is 5.32 Å². The van der Waals surface area contributed by atoms with Gasteiger partial charge >= 0.3 is 5.97 Å². The third kappa shape index (κ3) is 45.2. The molecule has 1 rings (SSSR count). The van der Waals surface area contributed by atoms with Gasteiger partial charge in [0.2, 0.25) is 5.91 Å². The van der Waals surface area contributed by atoms with E-state index in [1.54, 1.807) is 6.08 Å². The van der Waals surface area contributed by atoms with Crippen molar-refractivity contribution in [1.82, 2.24) is 5.32 Å². The first kappa shape index (κ1) is 76.1. The molecule has 1 saturated heterocycles. The summed E-state index contributed by atoms with van der Waals surface area (Å²) in [5, 5.41) is 57.0. The summed E-state index contributed by atoms with van der Waals surface area (Å²) in [6.45, 7) is 5.64. The SMILES string of the molecule is CC/C=C/C=C/C=C/CCCCCCCCC(O)C(=O)NC(COC1OC(CO)C(O)C(O)C1OC(=O)CCCCCCCCCCCCCCCCCCC/C=C\C/C=C\CCCCC)C(O)/C=C/CCCCCCCCCCC. The summed E-state index contributed by atoms with van der Waals surface area (Å²) in [6.07, 6.45) is 63.9. The van der Waals surface area contributed by atoms with Crippen molar-refractivity contribution in [3.05, 3.63) is 72.9 Å². The number of aliphatic hydroxyl groups excluding tert-OH is 5. The molecule has 8 atom stereocenters. The first-order valence-electron chi connectivity index (χ1n) is 33.7. The average Bonchev–Trinajstić information content (AvgIpc) is 3.50. The molecule has 0 radical (unpaired) electrons. The minimum atomic E-state index is -1.62. The number of nitrogens with one attached hydrogen (secondary N) is 1. The van der Waals surface area contributed by atoms with Gasteiger partial charge in [0.25, 0.3) is 0 Å². The third-order valence-electron chi connectivity index (χ3n) is 15.7. The van der Waals surface area contributed by atoms with Crippen molar-refractivity contribution in [3.8, 4) is 0 Å². The van der Waals surface area contributed by atoms with Crippen molar-refractivity contribution < 1.29 is 49.3 Å². The molecular weight excluding hydrogens is 1010 g/mol. The molecule has 0 aromatic heterocycles. The van der Waals surface area contributed by atoms with Crippen LogP contribution in [-0.4, -0.2) is 99.6 Å². The summed E-state index contributed by atoms with van der Waals surface area (Å²) in [4.78, 5) is 26.6. The molecule has 11 nitrogen and oxygen atoms in total. The maximum absolute atomic E-state index is 13.4. The van der Waals surface area contributed by atoms with E-state index < -0.39 is 67.4 Å². The number of hydrogen-bond donors (Lipinski definition) is 6. The summed E-state index contributed by atoms with van der Waals surface area (Å²) in [5.41, 5.74) is 0. The lowest BCUT2D eigenvalue weighted by molar-refractivity contribution is -0.305. The second kappa shape index (κ2) is 57.5. The summed E-state index contributed by atoms with van der Waals surface area (Å²) in [6, 6.07) is -1.03. The van der Waals surface area contributed by atoms with Crippen molar-refractivity contribution in [1.29, 1.82) is 0 Å². The van der Waals surface area contributed by atoms with Crippen LogP contribution in [0.4, 0.5) is 0 Å².